The first-order valence-electron chi connectivity index (χ1n) is 8.53. The van der Waals surface area contributed by atoms with Gasteiger partial charge in [0.25, 0.3) is 0 Å². The molecule has 24 heavy (non-hydrogen) atoms. The fraction of sp³-hybridized carbons (Fsp3) is 0.381. The molecule has 0 spiro atoms. The van der Waals surface area contributed by atoms with Gasteiger partial charge in [-0.15, -0.1) is 6.58 Å². The maximum Gasteiger partial charge on any atom is 0.310 e. The van der Waals surface area contributed by atoms with Crippen molar-refractivity contribution in [2.45, 2.75) is 45.8 Å². The van der Waals surface area contributed by atoms with Crippen LogP contribution in [0.4, 0.5) is 0 Å². The van der Waals surface area contributed by atoms with Crippen LogP contribution in [0.5, 0.6) is 0 Å². The number of carboxylic acid groups (broad SMARTS) is 1. The van der Waals surface area contributed by atoms with Gasteiger partial charge in [0, 0.05) is 0 Å². The van der Waals surface area contributed by atoms with E-state index in [1.165, 1.54) is 22.4 Å². The predicted molar refractivity (Wildman–Crippen MR) is 107 cm³/mol. The summed E-state index contributed by atoms with van der Waals surface area (Å²) >= 11 is 0. The monoisotopic (exact) mass is 342 g/mol. The number of allylic oxidation sites excluding steroid dienone is 4. The van der Waals surface area contributed by atoms with Crippen molar-refractivity contribution < 1.29 is 9.90 Å². The van der Waals surface area contributed by atoms with Crippen LogP contribution in [0, 0.1) is 5.92 Å². The molecule has 130 valence electrons. The standard InChI is InChI=1S/C21H30O2Si/c1-6-18(21(22)23)13-9-8-12-16-20(17(2)24(3,4)5)19-14-10-7-11-15-19/h6-8,10-12,14-15,18H,1,9,13,16H2,2-5H3,(H,22,23)/b12-8+,20-17-. The highest BCUT2D eigenvalue weighted by atomic mass is 28.3. The van der Waals surface area contributed by atoms with E-state index in [1.54, 1.807) is 0 Å². The predicted octanol–water partition coefficient (Wildman–Crippen LogP) is 5.95. The molecule has 1 atom stereocenters. The molecule has 3 heteroatoms. The first kappa shape index (κ1) is 20.2. The summed E-state index contributed by atoms with van der Waals surface area (Å²) < 4.78 is 0. The van der Waals surface area contributed by atoms with Gasteiger partial charge in [-0.1, -0.05) is 73.4 Å². The van der Waals surface area contributed by atoms with Crippen molar-refractivity contribution >= 4 is 19.6 Å². The molecule has 0 aliphatic heterocycles. The molecule has 0 aliphatic rings. The molecular formula is C21H30O2Si. The van der Waals surface area contributed by atoms with Gasteiger partial charge < -0.3 is 5.11 Å². The number of rotatable bonds is 9. The van der Waals surface area contributed by atoms with E-state index < -0.39 is 20.0 Å². The molecule has 1 unspecified atom stereocenters. The largest absolute Gasteiger partial charge is 0.481 e. The summed E-state index contributed by atoms with van der Waals surface area (Å²) in [6.45, 7) is 13.0. The van der Waals surface area contributed by atoms with Gasteiger partial charge in [-0.2, -0.15) is 0 Å². The quantitative estimate of drug-likeness (QED) is 0.444. The van der Waals surface area contributed by atoms with Crippen LogP contribution in [0.25, 0.3) is 5.57 Å². The molecule has 1 aromatic carbocycles. The van der Waals surface area contributed by atoms with Crippen molar-refractivity contribution in [1.82, 2.24) is 0 Å². The third-order valence-electron chi connectivity index (χ3n) is 4.43. The van der Waals surface area contributed by atoms with Gasteiger partial charge in [0.15, 0.2) is 0 Å². The second-order valence-electron chi connectivity index (χ2n) is 7.15. The fourth-order valence-corrected chi connectivity index (χ4v) is 3.67. The minimum atomic E-state index is -1.36. The maximum absolute atomic E-state index is 11.0. The molecule has 0 saturated heterocycles. The van der Waals surface area contributed by atoms with Crippen molar-refractivity contribution in [3.63, 3.8) is 0 Å². The number of aliphatic carboxylic acids is 1. The summed E-state index contributed by atoms with van der Waals surface area (Å²) in [5.41, 5.74) is 2.70. The molecule has 0 fully saturated rings. The lowest BCUT2D eigenvalue weighted by Crippen LogP contribution is -2.23. The summed E-state index contributed by atoms with van der Waals surface area (Å²) in [6.07, 6.45) is 8.05. The third-order valence-corrected chi connectivity index (χ3v) is 6.99. The van der Waals surface area contributed by atoms with E-state index in [4.69, 9.17) is 5.11 Å². The van der Waals surface area contributed by atoms with E-state index in [0.29, 0.717) is 6.42 Å². The van der Waals surface area contributed by atoms with Crippen LogP contribution >= 0.6 is 0 Å². The van der Waals surface area contributed by atoms with Crippen LogP contribution in [0.15, 0.2) is 60.3 Å². The highest BCUT2D eigenvalue weighted by Crippen LogP contribution is 2.28. The van der Waals surface area contributed by atoms with Crippen LogP contribution in [0.3, 0.4) is 0 Å². The minimum absolute atomic E-state index is 0.456. The lowest BCUT2D eigenvalue weighted by molar-refractivity contribution is -0.140. The smallest absolute Gasteiger partial charge is 0.310 e. The van der Waals surface area contributed by atoms with E-state index >= 15 is 0 Å². The van der Waals surface area contributed by atoms with Gasteiger partial charge in [-0.25, -0.2) is 0 Å². The summed E-state index contributed by atoms with van der Waals surface area (Å²) in [5, 5.41) is 10.6. The summed E-state index contributed by atoms with van der Waals surface area (Å²) in [6, 6.07) is 10.5. The highest BCUT2D eigenvalue weighted by molar-refractivity contribution is 6.83. The first-order chi connectivity index (χ1) is 11.3. The molecule has 0 saturated carbocycles. The Morgan fingerprint density at radius 3 is 2.33 bits per heavy atom. The van der Waals surface area contributed by atoms with Gasteiger partial charge in [0.1, 0.15) is 0 Å². The SMILES string of the molecule is C=CC(CC/C=C/C/C(=C(\C)[Si](C)(C)C)c1ccccc1)C(=O)O. The molecule has 0 aromatic heterocycles. The van der Waals surface area contributed by atoms with Crippen molar-refractivity contribution in [2.75, 3.05) is 0 Å². The number of hydrogen-bond acceptors (Lipinski definition) is 1. The zero-order valence-corrected chi connectivity index (χ0v) is 16.4. The van der Waals surface area contributed by atoms with Crippen LogP contribution < -0.4 is 0 Å². The third kappa shape index (κ3) is 6.32. The fourth-order valence-electron chi connectivity index (χ4n) is 2.52. The average molecular weight is 343 g/mol. The molecule has 2 nitrogen and oxygen atoms in total. The zero-order chi connectivity index (χ0) is 18.2. The van der Waals surface area contributed by atoms with E-state index in [0.717, 1.165) is 12.8 Å². The van der Waals surface area contributed by atoms with Gasteiger partial charge in [-0.3, -0.25) is 4.79 Å². The number of benzene rings is 1. The molecule has 0 heterocycles. The molecule has 1 N–H and O–H groups in total. The lowest BCUT2D eigenvalue weighted by atomic mass is 10.0. The highest BCUT2D eigenvalue weighted by Gasteiger charge is 2.19. The van der Waals surface area contributed by atoms with E-state index in [9.17, 15) is 4.79 Å². The van der Waals surface area contributed by atoms with Crippen LogP contribution in [0.1, 0.15) is 31.7 Å². The molecule has 0 radical (unpaired) electrons. The van der Waals surface area contributed by atoms with Gasteiger partial charge in [-0.05, 0) is 37.3 Å². The molecule has 0 aliphatic carbocycles. The van der Waals surface area contributed by atoms with E-state index in [2.05, 4.69) is 69.6 Å². The summed E-state index contributed by atoms with van der Waals surface area (Å²) in [4.78, 5) is 11.0. The number of carboxylic acids is 1. The molecular weight excluding hydrogens is 312 g/mol. The van der Waals surface area contributed by atoms with Gasteiger partial charge in [0.2, 0.25) is 0 Å². The molecule has 0 bridgehead atoms. The first-order valence-corrected chi connectivity index (χ1v) is 12.0. The topological polar surface area (TPSA) is 37.3 Å². The Labute approximate surface area is 147 Å². The van der Waals surface area contributed by atoms with Gasteiger partial charge in [0.05, 0.1) is 14.0 Å². The van der Waals surface area contributed by atoms with Crippen molar-refractivity contribution in [3.8, 4) is 0 Å². The van der Waals surface area contributed by atoms with Crippen molar-refractivity contribution in [1.29, 1.82) is 0 Å². The normalized spacial score (nSPS) is 14.3. The Hall–Kier alpha value is -1.87. The Morgan fingerprint density at radius 2 is 1.83 bits per heavy atom. The van der Waals surface area contributed by atoms with E-state index in [-0.39, 0.29) is 0 Å². The Bertz CT molecular complexity index is 606. The lowest BCUT2D eigenvalue weighted by Gasteiger charge is -2.22. The van der Waals surface area contributed by atoms with E-state index in [1.807, 2.05) is 6.07 Å². The molecule has 1 aromatic rings. The van der Waals surface area contributed by atoms with Gasteiger partial charge >= 0.3 is 5.97 Å². The second kappa shape index (κ2) is 9.43. The Kier molecular flexibility index (Phi) is 7.93. The van der Waals surface area contributed by atoms with Crippen molar-refractivity contribution in [2.24, 2.45) is 5.92 Å². The Morgan fingerprint density at radius 1 is 1.21 bits per heavy atom. The summed E-state index contributed by atoms with van der Waals surface area (Å²) in [7, 11) is -1.36. The number of hydrogen-bond donors (Lipinski definition) is 1. The van der Waals surface area contributed by atoms with Crippen LogP contribution in [0.2, 0.25) is 19.6 Å². The Balaban J connectivity index is 2.83. The van der Waals surface area contributed by atoms with Crippen LogP contribution in [-0.4, -0.2) is 19.1 Å². The minimum Gasteiger partial charge on any atom is -0.481 e. The molecule has 0 amide bonds. The second-order valence-corrected chi connectivity index (χ2v) is 12.4. The zero-order valence-electron chi connectivity index (χ0n) is 15.4. The number of carbonyl (C=O) groups is 1. The maximum atomic E-state index is 11.0. The average Bonchev–Trinajstić information content (AvgIpc) is 2.53. The summed E-state index contributed by atoms with van der Waals surface area (Å²) in [5.74, 6) is -1.25. The van der Waals surface area contributed by atoms with Crippen molar-refractivity contribution in [3.05, 3.63) is 65.9 Å². The van der Waals surface area contributed by atoms with Crippen LogP contribution in [-0.2, 0) is 4.79 Å². The molecule has 1 rings (SSSR count).